The van der Waals surface area contributed by atoms with Gasteiger partial charge < -0.3 is 10.2 Å². The van der Waals surface area contributed by atoms with Gasteiger partial charge >= 0.3 is 0 Å². The second kappa shape index (κ2) is 10.3. The van der Waals surface area contributed by atoms with Crippen LogP contribution in [0.1, 0.15) is 31.6 Å². The lowest BCUT2D eigenvalue weighted by atomic mass is 9.99. The maximum atomic E-state index is 6.03. The minimum atomic E-state index is 0. The van der Waals surface area contributed by atoms with Crippen molar-refractivity contribution in [2.45, 2.75) is 38.3 Å². The Labute approximate surface area is 160 Å². The van der Waals surface area contributed by atoms with Crippen molar-refractivity contribution in [1.82, 2.24) is 9.88 Å². The third kappa shape index (κ3) is 5.36. The Morgan fingerprint density at radius 1 is 1.29 bits per heavy atom. The second-order valence-electron chi connectivity index (χ2n) is 5.83. The molecule has 2 heterocycles. The van der Waals surface area contributed by atoms with Gasteiger partial charge in [0.05, 0.1) is 12.7 Å². The normalized spacial score (nSPS) is 17.8. The van der Waals surface area contributed by atoms with Crippen LogP contribution in [0.2, 0.25) is 5.02 Å². The quantitative estimate of drug-likeness (QED) is 0.811. The van der Waals surface area contributed by atoms with Crippen molar-refractivity contribution in [2.24, 2.45) is 5.73 Å². The zero-order valence-electron chi connectivity index (χ0n) is 13.5. The minimum Gasteiger partial charge on any atom is -0.439 e. The number of hydrogen-bond donors (Lipinski definition) is 1. The average molecular weight is 393 g/mol. The maximum absolute atomic E-state index is 6.03. The Morgan fingerprint density at radius 3 is 2.88 bits per heavy atom. The van der Waals surface area contributed by atoms with E-state index in [-0.39, 0.29) is 24.8 Å². The van der Waals surface area contributed by atoms with E-state index in [1.807, 2.05) is 24.3 Å². The van der Waals surface area contributed by atoms with E-state index in [2.05, 4.69) is 9.88 Å². The van der Waals surface area contributed by atoms with Crippen LogP contribution in [0.4, 0.5) is 0 Å². The summed E-state index contributed by atoms with van der Waals surface area (Å²) < 4.78 is 5.91. The molecule has 1 aliphatic heterocycles. The molecular weight excluding hydrogens is 369 g/mol. The summed E-state index contributed by atoms with van der Waals surface area (Å²) in [5, 5.41) is 0.703. The lowest BCUT2D eigenvalue weighted by molar-refractivity contribution is 0.122. The molecule has 7 heteroatoms. The van der Waals surface area contributed by atoms with E-state index < -0.39 is 0 Å². The van der Waals surface area contributed by atoms with E-state index in [9.17, 15) is 0 Å². The summed E-state index contributed by atoms with van der Waals surface area (Å²) in [6, 6.07) is 8.20. The lowest BCUT2D eigenvalue weighted by Gasteiger charge is -2.34. The largest absolute Gasteiger partial charge is 0.439 e. The number of rotatable bonds is 5. The van der Waals surface area contributed by atoms with Crippen molar-refractivity contribution in [3.63, 3.8) is 0 Å². The number of likely N-dealkylation sites (tertiary alicyclic amines) is 1. The smallest absolute Gasteiger partial charge is 0.209 e. The number of oxazole rings is 1. The fourth-order valence-electron chi connectivity index (χ4n) is 3.12. The number of nitrogens with zero attached hydrogens (tertiary/aromatic N) is 2. The Balaban J connectivity index is 0.00000144. The summed E-state index contributed by atoms with van der Waals surface area (Å²) in [5.74, 6) is 1.53. The Kier molecular flexibility index (Phi) is 9.09. The first kappa shape index (κ1) is 21.3. The summed E-state index contributed by atoms with van der Waals surface area (Å²) in [7, 11) is 0. The van der Waals surface area contributed by atoms with Gasteiger partial charge in [0.15, 0.2) is 5.76 Å². The molecule has 2 N–H and O–H groups in total. The number of aromatic nitrogens is 1. The van der Waals surface area contributed by atoms with Crippen molar-refractivity contribution in [3.8, 4) is 11.3 Å². The molecule has 1 saturated heterocycles. The molecule has 2 aromatic rings. The van der Waals surface area contributed by atoms with Crippen molar-refractivity contribution >= 4 is 36.4 Å². The topological polar surface area (TPSA) is 55.3 Å². The predicted octanol–water partition coefficient (Wildman–Crippen LogP) is 4.54. The van der Waals surface area contributed by atoms with Crippen LogP contribution in [0.5, 0.6) is 0 Å². The van der Waals surface area contributed by atoms with Gasteiger partial charge in [-0.3, -0.25) is 4.90 Å². The Morgan fingerprint density at radius 2 is 2.12 bits per heavy atom. The van der Waals surface area contributed by atoms with Crippen LogP contribution >= 0.6 is 36.4 Å². The van der Waals surface area contributed by atoms with Gasteiger partial charge in [0.25, 0.3) is 0 Å². The standard InChI is InChI=1S/C17H22ClN3O.2ClH/c18-14-5-3-4-13(10-14)16-11-20-17(22-16)12-21-9-2-1-6-15(21)7-8-19;;/h3-5,10-11,15H,1-2,6-9,12,19H2;2*1H. The van der Waals surface area contributed by atoms with Gasteiger partial charge in [-0.2, -0.15) is 0 Å². The van der Waals surface area contributed by atoms with Gasteiger partial charge in [0.2, 0.25) is 5.89 Å². The van der Waals surface area contributed by atoms with Gasteiger partial charge in [-0.25, -0.2) is 4.98 Å². The van der Waals surface area contributed by atoms with Crippen LogP contribution in [0.25, 0.3) is 11.3 Å². The van der Waals surface area contributed by atoms with Crippen LogP contribution in [0, 0.1) is 0 Å². The number of benzene rings is 1. The molecule has 1 aromatic heterocycles. The summed E-state index contributed by atoms with van der Waals surface area (Å²) in [6.45, 7) is 2.59. The molecule has 0 radical (unpaired) electrons. The number of halogens is 3. The van der Waals surface area contributed by atoms with Crippen LogP contribution < -0.4 is 5.73 Å². The molecule has 24 heavy (non-hydrogen) atoms. The van der Waals surface area contributed by atoms with Gasteiger partial charge in [0.1, 0.15) is 0 Å². The molecular formula is C17H24Cl3N3O. The first-order valence-corrected chi connectivity index (χ1v) is 8.29. The van der Waals surface area contributed by atoms with Crippen molar-refractivity contribution in [2.75, 3.05) is 13.1 Å². The third-order valence-electron chi connectivity index (χ3n) is 4.25. The maximum Gasteiger partial charge on any atom is 0.209 e. The van der Waals surface area contributed by atoms with Crippen LogP contribution in [-0.2, 0) is 6.54 Å². The zero-order valence-corrected chi connectivity index (χ0v) is 15.9. The highest BCUT2D eigenvalue weighted by Crippen LogP contribution is 2.26. The molecule has 0 aliphatic carbocycles. The zero-order chi connectivity index (χ0) is 15.4. The lowest BCUT2D eigenvalue weighted by Crippen LogP contribution is -2.40. The SMILES string of the molecule is Cl.Cl.NCCC1CCCCN1Cc1ncc(-c2cccc(Cl)c2)o1. The van der Waals surface area contributed by atoms with E-state index in [0.29, 0.717) is 11.1 Å². The summed E-state index contributed by atoms with van der Waals surface area (Å²) in [5.41, 5.74) is 6.69. The van der Waals surface area contributed by atoms with Crippen molar-refractivity contribution in [1.29, 1.82) is 0 Å². The average Bonchev–Trinajstić information content (AvgIpc) is 2.98. The molecule has 0 amide bonds. The molecule has 1 fully saturated rings. The van der Waals surface area contributed by atoms with Crippen LogP contribution in [0.15, 0.2) is 34.9 Å². The predicted molar refractivity (Wildman–Crippen MR) is 103 cm³/mol. The first-order valence-electron chi connectivity index (χ1n) is 7.91. The molecule has 0 spiro atoms. The van der Waals surface area contributed by atoms with Crippen molar-refractivity contribution in [3.05, 3.63) is 41.4 Å². The first-order chi connectivity index (χ1) is 10.8. The highest BCUT2D eigenvalue weighted by atomic mass is 35.5. The Hall–Kier alpha value is -0.780. The fourth-order valence-corrected chi connectivity index (χ4v) is 3.31. The van der Waals surface area contributed by atoms with E-state index in [1.54, 1.807) is 6.20 Å². The number of piperidine rings is 1. The summed E-state index contributed by atoms with van der Waals surface area (Å²) in [6.07, 6.45) is 6.58. The third-order valence-corrected chi connectivity index (χ3v) is 4.49. The Bertz CT molecular complexity index is 619. The van der Waals surface area contributed by atoms with Crippen LogP contribution in [0.3, 0.4) is 0 Å². The highest BCUT2D eigenvalue weighted by Gasteiger charge is 2.23. The molecule has 1 unspecified atom stereocenters. The minimum absolute atomic E-state index is 0. The van der Waals surface area contributed by atoms with E-state index in [1.165, 1.54) is 19.3 Å². The summed E-state index contributed by atoms with van der Waals surface area (Å²) in [4.78, 5) is 6.88. The molecule has 4 nitrogen and oxygen atoms in total. The molecule has 1 aromatic carbocycles. The molecule has 134 valence electrons. The van der Waals surface area contributed by atoms with E-state index >= 15 is 0 Å². The second-order valence-corrected chi connectivity index (χ2v) is 6.26. The van der Waals surface area contributed by atoms with Crippen molar-refractivity contribution < 1.29 is 4.42 Å². The number of nitrogens with two attached hydrogens (primary N) is 1. The fraction of sp³-hybridized carbons (Fsp3) is 0.471. The van der Waals surface area contributed by atoms with Crippen LogP contribution in [-0.4, -0.2) is 29.0 Å². The number of hydrogen-bond acceptors (Lipinski definition) is 4. The molecule has 1 aliphatic rings. The van der Waals surface area contributed by atoms with E-state index in [4.69, 9.17) is 21.8 Å². The summed E-state index contributed by atoms with van der Waals surface area (Å²) >= 11 is 6.03. The molecule has 1 atom stereocenters. The molecule has 0 bridgehead atoms. The van der Waals surface area contributed by atoms with Gasteiger partial charge in [0, 0.05) is 16.6 Å². The molecule has 3 rings (SSSR count). The van der Waals surface area contributed by atoms with E-state index in [0.717, 1.165) is 43.3 Å². The van der Waals surface area contributed by atoms with Gasteiger partial charge in [-0.05, 0) is 44.5 Å². The molecule has 0 saturated carbocycles. The monoisotopic (exact) mass is 391 g/mol. The van der Waals surface area contributed by atoms with Gasteiger partial charge in [-0.1, -0.05) is 30.2 Å². The highest BCUT2D eigenvalue weighted by molar-refractivity contribution is 6.30. The van der Waals surface area contributed by atoms with Gasteiger partial charge in [-0.15, -0.1) is 24.8 Å².